The zero-order chi connectivity index (χ0) is 21.0. The molecule has 0 aromatic heterocycles. The van der Waals surface area contributed by atoms with Crippen molar-refractivity contribution >= 4 is 5.97 Å². The van der Waals surface area contributed by atoms with Crippen molar-refractivity contribution in [2.75, 3.05) is 7.11 Å². The van der Waals surface area contributed by atoms with Crippen molar-refractivity contribution in [1.82, 2.24) is 4.90 Å². The van der Waals surface area contributed by atoms with Gasteiger partial charge in [-0.25, -0.2) is 0 Å². The molecule has 0 heterocycles. The summed E-state index contributed by atoms with van der Waals surface area (Å²) in [6, 6.07) is 21.6. The molecule has 1 unspecified atom stereocenters. The summed E-state index contributed by atoms with van der Waals surface area (Å²) < 4.78 is 5.31. The van der Waals surface area contributed by atoms with E-state index in [1.165, 1.54) is 18.2 Å². The second-order valence-electron chi connectivity index (χ2n) is 9.41. The van der Waals surface area contributed by atoms with Crippen LogP contribution >= 0.6 is 0 Å². The zero-order valence-electron chi connectivity index (χ0n) is 18.5. The lowest BCUT2D eigenvalue weighted by Gasteiger charge is -2.40. The second kappa shape index (κ2) is 9.13. The van der Waals surface area contributed by atoms with Crippen LogP contribution in [0, 0.1) is 17.3 Å². The maximum Gasteiger partial charge on any atom is 0.310 e. The topological polar surface area (TPSA) is 29.5 Å². The Labute approximate surface area is 176 Å². The molecule has 2 aromatic carbocycles. The lowest BCUT2D eigenvalue weighted by molar-refractivity contribution is -0.151. The Hall–Kier alpha value is -2.13. The Kier molecular flexibility index (Phi) is 6.79. The molecular weight excluding hydrogens is 358 g/mol. The number of benzene rings is 2. The first-order chi connectivity index (χ1) is 13.8. The van der Waals surface area contributed by atoms with E-state index in [4.69, 9.17) is 4.74 Å². The predicted octanol–water partition coefficient (Wildman–Crippen LogP) is 5.86. The number of rotatable bonds is 6. The summed E-state index contributed by atoms with van der Waals surface area (Å²) in [4.78, 5) is 15.5. The SMILES string of the molecule is COC(=O)[C@H]1C(N(Cc2ccccc2)[C@@H](C)c2ccccc2)CC[C@@H]1C(C)(C)C. The number of hydrogen-bond acceptors (Lipinski definition) is 3. The van der Waals surface area contributed by atoms with Crippen LogP contribution in [-0.2, 0) is 16.1 Å². The van der Waals surface area contributed by atoms with Gasteiger partial charge in [0.2, 0.25) is 0 Å². The molecule has 3 nitrogen and oxygen atoms in total. The van der Waals surface area contributed by atoms with Crippen LogP contribution in [0.1, 0.15) is 57.7 Å². The molecule has 0 saturated heterocycles. The fourth-order valence-electron chi connectivity index (χ4n) is 5.04. The average molecular weight is 394 g/mol. The van der Waals surface area contributed by atoms with E-state index in [-0.39, 0.29) is 29.4 Å². The molecule has 1 saturated carbocycles. The van der Waals surface area contributed by atoms with Gasteiger partial charge in [0, 0.05) is 18.6 Å². The lowest BCUT2D eigenvalue weighted by atomic mass is 9.74. The Morgan fingerprint density at radius 2 is 1.62 bits per heavy atom. The van der Waals surface area contributed by atoms with Gasteiger partial charge in [-0.3, -0.25) is 9.69 Å². The number of methoxy groups -OCH3 is 1. The van der Waals surface area contributed by atoms with Crippen molar-refractivity contribution in [3.05, 3.63) is 71.8 Å². The first kappa shape index (κ1) is 21.6. The van der Waals surface area contributed by atoms with E-state index >= 15 is 0 Å². The van der Waals surface area contributed by atoms with E-state index in [0.717, 1.165) is 19.4 Å². The second-order valence-corrected chi connectivity index (χ2v) is 9.41. The fraction of sp³-hybridized carbons (Fsp3) is 0.500. The van der Waals surface area contributed by atoms with Crippen molar-refractivity contribution in [1.29, 1.82) is 0 Å². The van der Waals surface area contributed by atoms with Crippen LogP contribution in [-0.4, -0.2) is 24.0 Å². The summed E-state index contributed by atoms with van der Waals surface area (Å²) >= 11 is 0. The Bertz CT molecular complexity index is 781. The molecule has 3 rings (SSSR count). The number of esters is 1. The predicted molar refractivity (Wildman–Crippen MR) is 118 cm³/mol. The van der Waals surface area contributed by atoms with Gasteiger partial charge in [-0.2, -0.15) is 0 Å². The number of nitrogens with zero attached hydrogens (tertiary/aromatic N) is 1. The first-order valence-electron chi connectivity index (χ1n) is 10.8. The van der Waals surface area contributed by atoms with E-state index in [1.807, 2.05) is 0 Å². The molecule has 1 aliphatic carbocycles. The highest BCUT2D eigenvalue weighted by Crippen LogP contribution is 2.47. The van der Waals surface area contributed by atoms with Crippen LogP contribution in [0.3, 0.4) is 0 Å². The van der Waals surface area contributed by atoms with Crippen molar-refractivity contribution in [3.8, 4) is 0 Å². The third-order valence-corrected chi connectivity index (χ3v) is 6.62. The fourth-order valence-corrected chi connectivity index (χ4v) is 5.04. The molecule has 0 amide bonds. The van der Waals surface area contributed by atoms with Gasteiger partial charge < -0.3 is 4.74 Å². The van der Waals surface area contributed by atoms with Crippen LogP contribution in [0.5, 0.6) is 0 Å². The molecule has 1 fully saturated rings. The summed E-state index contributed by atoms with van der Waals surface area (Å²) in [6.07, 6.45) is 2.08. The van der Waals surface area contributed by atoms with Gasteiger partial charge >= 0.3 is 5.97 Å². The molecule has 156 valence electrons. The average Bonchev–Trinajstić information content (AvgIpc) is 3.18. The van der Waals surface area contributed by atoms with Gasteiger partial charge in [0.25, 0.3) is 0 Å². The van der Waals surface area contributed by atoms with Gasteiger partial charge in [0.1, 0.15) is 0 Å². The number of hydrogen-bond donors (Lipinski definition) is 0. The van der Waals surface area contributed by atoms with Crippen LogP contribution in [0.2, 0.25) is 0 Å². The summed E-state index contributed by atoms with van der Waals surface area (Å²) in [6.45, 7) is 9.83. The molecule has 1 aliphatic rings. The van der Waals surface area contributed by atoms with E-state index in [2.05, 4.69) is 93.3 Å². The molecule has 2 aromatic rings. The van der Waals surface area contributed by atoms with Crippen LogP contribution in [0.15, 0.2) is 60.7 Å². The largest absolute Gasteiger partial charge is 0.469 e. The summed E-state index contributed by atoms with van der Waals surface area (Å²) in [5, 5.41) is 0. The highest BCUT2D eigenvalue weighted by atomic mass is 16.5. The first-order valence-corrected chi connectivity index (χ1v) is 10.8. The number of carbonyl (C=O) groups is 1. The van der Waals surface area contributed by atoms with Gasteiger partial charge in [0.15, 0.2) is 0 Å². The van der Waals surface area contributed by atoms with E-state index in [1.54, 1.807) is 0 Å². The minimum Gasteiger partial charge on any atom is -0.469 e. The summed E-state index contributed by atoms with van der Waals surface area (Å²) in [7, 11) is 1.53. The monoisotopic (exact) mass is 393 g/mol. The maximum atomic E-state index is 12.9. The Morgan fingerprint density at radius 3 is 2.17 bits per heavy atom. The summed E-state index contributed by atoms with van der Waals surface area (Å²) in [5.41, 5.74) is 2.63. The van der Waals surface area contributed by atoms with Crippen LogP contribution in [0.4, 0.5) is 0 Å². The minimum atomic E-state index is -0.102. The summed E-state index contributed by atoms with van der Waals surface area (Å²) in [5.74, 6) is 0.154. The quantitative estimate of drug-likeness (QED) is 0.575. The van der Waals surface area contributed by atoms with E-state index < -0.39 is 0 Å². The van der Waals surface area contributed by atoms with Crippen molar-refractivity contribution in [2.24, 2.45) is 17.3 Å². The van der Waals surface area contributed by atoms with Crippen molar-refractivity contribution in [3.63, 3.8) is 0 Å². The maximum absolute atomic E-state index is 12.9. The van der Waals surface area contributed by atoms with Gasteiger partial charge in [-0.15, -0.1) is 0 Å². The van der Waals surface area contributed by atoms with Crippen LogP contribution < -0.4 is 0 Å². The molecule has 0 spiro atoms. The molecule has 0 N–H and O–H groups in total. The number of carbonyl (C=O) groups excluding carboxylic acids is 1. The van der Waals surface area contributed by atoms with Gasteiger partial charge in [-0.1, -0.05) is 81.4 Å². The molecule has 3 heteroatoms. The van der Waals surface area contributed by atoms with Gasteiger partial charge in [0.05, 0.1) is 13.0 Å². The standard InChI is InChI=1S/C26H35NO2/c1-19(21-14-10-7-11-15-21)27(18-20-12-8-6-9-13-20)23-17-16-22(26(2,3)4)24(23)25(28)29-5/h6-15,19,22-24H,16-18H2,1-5H3/t19-,22-,23?,24+/m0/s1. The van der Waals surface area contributed by atoms with Crippen molar-refractivity contribution in [2.45, 2.75) is 59.2 Å². The van der Waals surface area contributed by atoms with E-state index in [0.29, 0.717) is 5.92 Å². The Morgan fingerprint density at radius 1 is 1.03 bits per heavy atom. The zero-order valence-corrected chi connectivity index (χ0v) is 18.5. The van der Waals surface area contributed by atoms with Crippen molar-refractivity contribution < 1.29 is 9.53 Å². The highest BCUT2D eigenvalue weighted by Gasteiger charge is 2.49. The Balaban J connectivity index is 1.98. The van der Waals surface area contributed by atoms with Gasteiger partial charge in [-0.05, 0) is 42.2 Å². The molecule has 29 heavy (non-hydrogen) atoms. The number of ether oxygens (including phenoxy) is 1. The molecular formula is C26H35NO2. The van der Waals surface area contributed by atoms with E-state index in [9.17, 15) is 4.79 Å². The smallest absolute Gasteiger partial charge is 0.310 e. The highest BCUT2D eigenvalue weighted by molar-refractivity contribution is 5.74. The molecule has 0 radical (unpaired) electrons. The lowest BCUT2D eigenvalue weighted by Crippen LogP contribution is -2.45. The van der Waals surface area contributed by atoms with Crippen LogP contribution in [0.25, 0.3) is 0 Å². The normalized spacial score (nSPS) is 23.2. The third-order valence-electron chi connectivity index (χ3n) is 6.62. The minimum absolute atomic E-state index is 0.0641. The molecule has 4 atom stereocenters. The third kappa shape index (κ3) is 4.90. The molecule has 0 bridgehead atoms. The molecule has 0 aliphatic heterocycles.